The molecule has 11 nitrogen and oxygen atoms in total. The highest BCUT2D eigenvalue weighted by Crippen LogP contribution is 2.08. The number of hydrogen-bond donors (Lipinski definition) is 6. The van der Waals surface area contributed by atoms with E-state index in [9.17, 15) is 24.0 Å². The monoisotopic (exact) mass is 525 g/mol. The van der Waals surface area contributed by atoms with Gasteiger partial charge in [-0.3, -0.25) is 24.0 Å². The molecule has 11 heteroatoms. The maximum Gasteiger partial charge on any atom is 0.303 e. The van der Waals surface area contributed by atoms with Crippen molar-refractivity contribution in [3.05, 3.63) is 71.8 Å². The molecule has 3 atom stereocenters. The molecule has 0 aliphatic heterocycles. The van der Waals surface area contributed by atoms with Gasteiger partial charge in [0.2, 0.25) is 23.6 Å². The number of nitrogens with two attached hydrogens (primary N) is 2. The van der Waals surface area contributed by atoms with Crippen LogP contribution in [-0.4, -0.2) is 59.4 Å². The fourth-order valence-electron chi connectivity index (χ4n) is 3.67. The number of primary amides is 1. The number of carbonyl (C=O) groups excluding carboxylic acids is 4. The summed E-state index contributed by atoms with van der Waals surface area (Å²) in [5.41, 5.74) is 12.6. The highest BCUT2D eigenvalue weighted by molar-refractivity contribution is 5.93. The van der Waals surface area contributed by atoms with E-state index in [4.69, 9.17) is 16.6 Å². The Bertz CT molecular complexity index is 1080. The molecule has 0 fully saturated rings. The minimum absolute atomic E-state index is 0.0240. The lowest BCUT2D eigenvalue weighted by molar-refractivity contribution is -0.137. The van der Waals surface area contributed by atoms with Crippen LogP contribution in [0.2, 0.25) is 0 Å². The maximum absolute atomic E-state index is 13.4. The molecule has 4 amide bonds. The van der Waals surface area contributed by atoms with E-state index in [2.05, 4.69) is 16.0 Å². The Kier molecular flexibility index (Phi) is 12.4. The first-order chi connectivity index (χ1) is 18.2. The number of aliphatic carboxylic acids is 1. The van der Waals surface area contributed by atoms with Crippen LogP contribution in [0.1, 0.15) is 36.8 Å². The zero-order chi connectivity index (χ0) is 27.9. The van der Waals surface area contributed by atoms with Gasteiger partial charge in [-0.15, -0.1) is 0 Å². The second-order valence-corrected chi connectivity index (χ2v) is 8.90. The number of nitrogens with one attached hydrogen (secondary N) is 3. The predicted molar refractivity (Wildman–Crippen MR) is 140 cm³/mol. The van der Waals surface area contributed by atoms with E-state index in [1.807, 2.05) is 36.4 Å². The van der Waals surface area contributed by atoms with E-state index in [1.54, 1.807) is 24.3 Å². The molecule has 0 radical (unpaired) electrons. The third kappa shape index (κ3) is 11.2. The van der Waals surface area contributed by atoms with Crippen molar-refractivity contribution in [1.82, 2.24) is 16.0 Å². The fourth-order valence-corrected chi connectivity index (χ4v) is 3.67. The lowest BCUT2D eigenvalue weighted by Crippen LogP contribution is -2.57. The first kappa shape index (κ1) is 30.0. The van der Waals surface area contributed by atoms with Gasteiger partial charge in [-0.05, 0) is 24.0 Å². The zero-order valence-electron chi connectivity index (χ0n) is 21.1. The van der Waals surface area contributed by atoms with Crippen LogP contribution in [0, 0.1) is 0 Å². The van der Waals surface area contributed by atoms with E-state index < -0.39 is 47.7 Å². The summed E-state index contributed by atoms with van der Waals surface area (Å²) in [6, 6.07) is 15.0. The molecule has 2 aromatic rings. The second kappa shape index (κ2) is 15.8. The van der Waals surface area contributed by atoms with Crippen molar-refractivity contribution < 1.29 is 29.1 Å². The third-order valence-corrected chi connectivity index (χ3v) is 5.74. The number of rotatable bonds is 16. The van der Waals surface area contributed by atoms with Crippen LogP contribution in [0.15, 0.2) is 60.7 Å². The topological polar surface area (TPSA) is 194 Å². The van der Waals surface area contributed by atoms with E-state index >= 15 is 0 Å². The lowest BCUT2D eigenvalue weighted by Gasteiger charge is -2.24. The van der Waals surface area contributed by atoms with Crippen LogP contribution in [-0.2, 0) is 36.8 Å². The van der Waals surface area contributed by atoms with Crippen molar-refractivity contribution in [2.45, 2.75) is 56.7 Å². The van der Waals surface area contributed by atoms with Crippen LogP contribution in [0.25, 0.3) is 0 Å². The molecule has 0 saturated heterocycles. The van der Waals surface area contributed by atoms with Gasteiger partial charge in [0.05, 0.1) is 6.04 Å². The van der Waals surface area contributed by atoms with Gasteiger partial charge in [0.15, 0.2) is 0 Å². The number of benzene rings is 2. The number of hydrogen-bond acceptors (Lipinski definition) is 6. The number of carbonyl (C=O) groups is 5. The van der Waals surface area contributed by atoms with Gasteiger partial charge in [-0.25, -0.2) is 0 Å². The van der Waals surface area contributed by atoms with Crippen LogP contribution in [0.5, 0.6) is 0 Å². The highest BCUT2D eigenvalue weighted by Gasteiger charge is 2.28. The molecular weight excluding hydrogens is 490 g/mol. The van der Waals surface area contributed by atoms with Crippen LogP contribution in [0.4, 0.5) is 0 Å². The molecule has 0 heterocycles. The Morgan fingerprint density at radius 1 is 0.737 bits per heavy atom. The first-order valence-electron chi connectivity index (χ1n) is 12.4. The summed E-state index contributed by atoms with van der Waals surface area (Å²) >= 11 is 0. The minimum Gasteiger partial charge on any atom is -0.481 e. The largest absolute Gasteiger partial charge is 0.481 e. The number of carboxylic acid groups (broad SMARTS) is 1. The molecule has 2 aromatic carbocycles. The zero-order valence-corrected chi connectivity index (χ0v) is 21.1. The van der Waals surface area contributed by atoms with Crippen LogP contribution in [0.3, 0.4) is 0 Å². The van der Waals surface area contributed by atoms with Crippen molar-refractivity contribution >= 4 is 29.6 Å². The Hall–Kier alpha value is -4.25. The average Bonchev–Trinajstić information content (AvgIpc) is 2.89. The summed E-state index contributed by atoms with van der Waals surface area (Å²) < 4.78 is 0. The van der Waals surface area contributed by atoms with E-state index in [0.717, 1.165) is 11.1 Å². The summed E-state index contributed by atoms with van der Waals surface area (Å²) in [5.74, 6) is -3.26. The summed E-state index contributed by atoms with van der Waals surface area (Å²) in [4.78, 5) is 60.9. The number of amides is 4. The number of carboxylic acids is 1. The van der Waals surface area contributed by atoms with Gasteiger partial charge < -0.3 is 32.5 Å². The van der Waals surface area contributed by atoms with Crippen molar-refractivity contribution in [3.63, 3.8) is 0 Å². The Morgan fingerprint density at radius 2 is 1.24 bits per heavy atom. The van der Waals surface area contributed by atoms with Gasteiger partial charge in [0.1, 0.15) is 12.1 Å². The Labute approximate surface area is 221 Å². The molecule has 0 aliphatic carbocycles. The normalized spacial score (nSPS) is 13.0. The standard InChI is InChI=1S/C27H35N5O6/c28-20(13-14-23(29)33)25(36)31-22(17-19-10-5-2-6-11-19)27(38)32-21(16-18-8-3-1-4-9-18)26(37)30-15-7-12-24(34)35/h1-6,8-11,20-22H,7,12-17,28H2,(H2,29,33)(H,30,37)(H,31,36)(H,32,38)(H,34,35)/t20-,21-,22-/m0/s1. The van der Waals surface area contributed by atoms with Gasteiger partial charge in [-0.1, -0.05) is 60.7 Å². The molecule has 2 rings (SSSR count). The summed E-state index contributed by atoms with van der Waals surface area (Å²) in [5, 5.41) is 16.9. The molecule has 204 valence electrons. The van der Waals surface area contributed by atoms with Gasteiger partial charge in [0.25, 0.3) is 0 Å². The Morgan fingerprint density at radius 3 is 1.74 bits per heavy atom. The molecule has 8 N–H and O–H groups in total. The van der Waals surface area contributed by atoms with Gasteiger partial charge in [0, 0.05) is 32.2 Å². The SMILES string of the molecule is NC(=O)CC[C@H](N)C(=O)N[C@@H](Cc1ccccc1)C(=O)N[C@@H](Cc1ccccc1)C(=O)NCCCC(=O)O. The van der Waals surface area contributed by atoms with Crippen molar-refractivity contribution in [3.8, 4) is 0 Å². The molecular formula is C27H35N5O6. The average molecular weight is 526 g/mol. The molecule has 0 aromatic heterocycles. The molecule has 0 bridgehead atoms. The van der Waals surface area contributed by atoms with Gasteiger partial charge >= 0.3 is 5.97 Å². The third-order valence-electron chi connectivity index (χ3n) is 5.74. The maximum atomic E-state index is 13.4. The Balaban J connectivity index is 2.18. The van der Waals surface area contributed by atoms with Crippen LogP contribution < -0.4 is 27.4 Å². The smallest absolute Gasteiger partial charge is 0.303 e. The highest BCUT2D eigenvalue weighted by atomic mass is 16.4. The molecule has 0 spiro atoms. The van der Waals surface area contributed by atoms with Gasteiger partial charge in [-0.2, -0.15) is 0 Å². The lowest BCUT2D eigenvalue weighted by atomic mass is 10.0. The summed E-state index contributed by atoms with van der Waals surface area (Å²) in [6.45, 7) is 0.130. The minimum atomic E-state index is -1.05. The summed E-state index contributed by atoms with van der Waals surface area (Å²) in [7, 11) is 0. The molecule has 0 saturated carbocycles. The molecule has 38 heavy (non-hydrogen) atoms. The van der Waals surface area contributed by atoms with Crippen molar-refractivity contribution in [1.29, 1.82) is 0 Å². The fraction of sp³-hybridized carbons (Fsp3) is 0.370. The van der Waals surface area contributed by atoms with E-state index in [1.165, 1.54) is 0 Å². The van der Waals surface area contributed by atoms with Crippen molar-refractivity contribution in [2.75, 3.05) is 6.54 Å². The predicted octanol–water partition coefficient (Wildman–Crippen LogP) is 0.0152. The van der Waals surface area contributed by atoms with E-state index in [0.29, 0.717) is 0 Å². The van der Waals surface area contributed by atoms with Crippen LogP contribution >= 0.6 is 0 Å². The summed E-state index contributed by atoms with van der Waals surface area (Å²) in [6.07, 6.45) is 0.405. The van der Waals surface area contributed by atoms with Crippen molar-refractivity contribution in [2.24, 2.45) is 11.5 Å². The first-order valence-corrected chi connectivity index (χ1v) is 12.4. The quantitative estimate of drug-likeness (QED) is 0.166. The second-order valence-electron chi connectivity index (χ2n) is 8.90. The molecule has 0 aliphatic rings. The molecule has 0 unspecified atom stereocenters. The van der Waals surface area contributed by atoms with E-state index in [-0.39, 0.29) is 45.1 Å².